The zero-order valence-electron chi connectivity index (χ0n) is 44.3. The number of hydrogen-bond donors (Lipinski definition) is 18. The Labute approximate surface area is 458 Å². The number of carbonyl (C=O) groups excluding carboxylic acids is 10. The van der Waals surface area contributed by atoms with Crippen LogP contribution in [0.25, 0.3) is 10.9 Å². The Morgan fingerprint density at radius 2 is 1.35 bits per heavy atom. The van der Waals surface area contributed by atoms with Crippen LogP contribution < -0.4 is 65.1 Å². The van der Waals surface area contributed by atoms with Crippen molar-refractivity contribution in [3.05, 3.63) is 54.2 Å². The van der Waals surface area contributed by atoms with Gasteiger partial charge in [-0.2, -0.15) is 0 Å². The van der Waals surface area contributed by atoms with Crippen molar-refractivity contribution in [3.8, 4) is 0 Å². The maximum atomic E-state index is 14.0. The molecule has 1 aromatic carbocycles. The first kappa shape index (κ1) is 63.8. The van der Waals surface area contributed by atoms with Crippen LogP contribution in [0, 0.1) is 11.3 Å². The third-order valence-corrected chi connectivity index (χ3v) is 12.7. The van der Waals surface area contributed by atoms with E-state index in [1.54, 1.807) is 38.2 Å². The number of nitrogens with zero attached hydrogens (tertiary/aromatic N) is 2. The summed E-state index contributed by atoms with van der Waals surface area (Å²) in [5.74, 6) is -10.7. The van der Waals surface area contributed by atoms with E-state index < -0.39 is 146 Å². The molecule has 21 N–H and O–H groups in total. The van der Waals surface area contributed by atoms with E-state index in [1.165, 1.54) is 17.4 Å². The summed E-state index contributed by atoms with van der Waals surface area (Å²) in [5.41, 5.74) is 18.5. The Balaban J connectivity index is 1.41. The van der Waals surface area contributed by atoms with Gasteiger partial charge in [-0.25, -0.2) is 9.78 Å². The molecular weight excluding hydrogens is 1050 g/mol. The predicted molar refractivity (Wildman–Crippen MR) is 283 cm³/mol. The van der Waals surface area contributed by atoms with E-state index in [-0.39, 0.29) is 70.4 Å². The van der Waals surface area contributed by atoms with Crippen LogP contribution in [-0.4, -0.2) is 194 Å². The van der Waals surface area contributed by atoms with Gasteiger partial charge in [-0.05, 0) is 56.1 Å². The number of aromatic nitrogens is 3. The highest BCUT2D eigenvalue weighted by Gasteiger charge is 2.37. The van der Waals surface area contributed by atoms with Gasteiger partial charge < -0.3 is 95.2 Å². The molecule has 1 aliphatic heterocycles. The minimum atomic E-state index is -1.77. The summed E-state index contributed by atoms with van der Waals surface area (Å²) in [7, 11) is 0. The maximum absolute atomic E-state index is 14.0. The molecular formula is C49H73N17O14. The standard InChI is InChI=1S/C49H73N17O14/c1-25(2)15-34(48(79)80)60-39(70)20-57-42(73)33(16-26-18-56-30-8-4-3-7-28(26)30)63-47(78)37-10-6-14-66(37)40(71)21-58-43(74)35(22-67)64-44(75)31(9-5-13-55-49(52)53)62-46(77)36(23-68)65-45(76)32(11-12-38(51)69)61-41(72)29(50)17-27-19-54-24-59-27/h3-4,7-8,18-19,24-25,29,31-37,56,67-68H,5-6,9-17,20-23,50H2,1-2H3,(H2,51,69)(H,54,59)(H,57,73)(H,58,74)(H,60,70)(H,61,72)(H,62,77)(H,63,78)(H,64,75)(H,65,76)(H,79,80)(H4,52,53,55)/t29-,31-,32-,33-,34-,35-,36-,37-/m0/s1. The fourth-order valence-electron chi connectivity index (χ4n) is 8.51. The lowest BCUT2D eigenvalue weighted by atomic mass is 10.0. The number of aromatic amines is 2. The van der Waals surface area contributed by atoms with Gasteiger partial charge in [-0.1, -0.05) is 32.0 Å². The number of fused-ring (bicyclic) bond motifs is 1. The second-order valence-corrected chi connectivity index (χ2v) is 19.4. The van der Waals surface area contributed by atoms with Gasteiger partial charge in [0.05, 0.1) is 44.4 Å². The number of para-hydroxylation sites is 1. The number of aliphatic hydroxyl groups excluding tert-OH is 2. The summed E-state index contributed by atoms with van der Waals surface area (Å²) in [6.07, 6.45) is 4.19. The fourth-order valence-corrected chi connectivity index (χ4v) is 8.51. The van der Waals surface area contributed by atoms with Gasteiger partial charge in [0.15, 0.2) is 5.96 Å². The topological polar surface area (TPSA) is 506 Å². The summed E-state index contributed by atoms with van der Waals surface area (Å²) < 4.78 is 0. The molecule has 4 rings (SSSR count). The lowest BCUT2D eigenvalue weighted by Gasteiger charge is -2.27. The molecule has 0 aliphatic carbocycles. The molecule has 8 atom stereocenters. The van der Waals surface area contributed by atoms with Crippen molar-refractivity contribution in [3.63, 3.8) is 0 Å². The number of guanidine groups is 1. The van der Waals surface area contributed by atoms with Crippen molar-refractivity contribution in [2.75, 3.05) is 39.4 Å². The molecule has 80 heavy (non-hydrogen) atoms. The molecule has 3 aromatic rings. The number of hydrogen-bond acceptors (Lipinski definition) is 16. The highest BCUT2D eigenvalue weighted by molar-refractivity contribution is 5.98. The minimum absolute atomic E-state index is 0.0199. The number of amides is 10. The molecule has 31 heteroatoms. The minimum Gasteiger partial charge on any atom is -0.480 e. The molecule has 0 unspecified atom stereocenters. The molecule has 1 fully saturated rings. The lowest BCUT2D eigenvalue weighted by molar-refractivity contribution is -0.142. The molecule has 0 bridgehead atoms. The van der Waals surface area contributed by atoms with Gasteiger partial charge in [0.2, 0.25) is 59.1 Å². The van der Waals surface area contributed by atoms with Crippen LogP contribution in [0.5, 0.6) is 0 Å². The van der Waals surface area contributed by atoms with Crippen LogP contribution in [0.4, 0.5) is 0 Å². The first-order valence-corrected chi connectivity index (χ1v) is 25.8. The van der Waals surface area contributed by atoms with Gasteiger partial charge in [0, 0.05) is 55.6 Å². The van der Waals surface area contributed by atoms with Crippen molar-refractivity contribution in [1.29, 1.82) is 5.41 Å². The number of carboxylic acid groups (broad SMARTS) is 1. The van der Waals surface area contributed by atoms with Crippen LogP contribution in [0.2, 0.25) is 0 Å². The van der Waals surface area contributed by atoms with Crippen LogP contribution in [-0.2, 0) is 65.6 Å². The highest BCUT2D eigenvalue weighted by Crippen LogP contribution is 2.21. The normalized spacial score (nSPS) is 15.6. The Morgan fingerprint density at radius 3 is 1.98 bits per heavy atom. The molecule has 0 spiro atoms. The third-order valence-electron chi connectivity index (χ3n) is 12.7. The van der Waals surface area contributed by atoms with Gasteiger partial charge >= 0.3 is 5.97 Å². The first-order chi connectivity index (χ1) is 38.0. The van der Waals surface area contributed by atoms with E-state index in [0.29, 0.717) is 17.7 Å². The van der Waals surface area contributed by atoms with Gasteiger partial charge in [-0.3, -0.25) is 53.4 Å². The molecule has 0 radical (unpaired) electrons. The van der Waals surface area contributed by atoms with Crippen LogP contribution in [0.15, 0.2) is 43.0 Å². The predicted octanol–water partition coefficient (Wildman–Crippen LogP) is -6.22. The highest BCUT2D eigenvalue weighted by atomic mass is 16.4. The third kappa shape index (κ3) is 20.3. The number of benzene rings is 1. The number of likely N-dealkylation sites (tertiary alicyclic amines) is 1. The second kappa shape index (κ2) is 31.6. The number of rotatable bonds is 33. The molecule has 438 valence electrons. The summed E-state index contributed by atoms with van der Waals surface area (Å²) in [5, 5.41) is 59.9. The van der Waals surface area contributed by atoms with E-state index >= 15 is 0 Å². The van der Waals surface area contributed by atoms with E-state index in [1.807, 2.05) is 6.07 Å². The largest absolute Gasteiger partial charge is 0.480 e. The number of nitrogens with two attached hydrogens (primary N) is 3. The van der Waals surface area contributed by atoms with Crippen LogP contribution in [0.1, 0.15) is 70.1 Å². The van der Waals surface area contributed by atoms with Crippen LogP contribution >= 0.6 is 0 Å². The van der Waals surface area contributed by atoms with E-state index in [0.717, 1.165) is 10.9 Å². The molecule has 0 saturated carbocycles. The monoisotopic (exact) mass is 1120 g/mol. The van der Waals surface area contributed by atoms with Crippen molar-refractivity contribution in [2.24, 2.45) is 23.1 Å². The van der Waals surface area contributed by atoms with Crippen LogP contribution in [0.3, 0.4) is 0 Å². The Bertz CT molecular complexity index is 2670. The second-order valence-electron chi connectivity index (χ2n) is 19.4. The molecule has 31 nitrogen and oxygen atoms in total. The molecule has 10 amide bonds. The van der Waals surface area contributed by atoms with Crippen molar-refractivity contribution >= 4 is 81.9 Å². The van der Waals surface area contributed by atoms with Crippen molar-refractivity contribution in [2.45, 2.75) is 120 Å². The Hall–Kier alpha value is -8.71. The summed E-state index contributed by atoms with van der Waals surface area (Å²) >= 11 is 0. The maximum Gasteiger partial charge on any atom is 0.326 e. The average molecular weight is 1120 g/mol. The Morgan fingerprint density at radius 1 is 0.738 bits per heavy atom. The van der Waals surface area contributed by atoms with Gasteiger partial charge in [0.25, 0.3) is 0 Å². The molecule has 1 aliphatic rings. The van der Waals surface area contributed by atoms with E-state index in [4.69, 9.17) is 22.6 Å². The Kier molecular flexibility index (Phi) is 25.2. The number of H-pyrrole nitrogens is 2. The number of aliphatic hydroxyl groups is 2. The first-order valence-electron chi connectivity index (χ1n) is 25.8. The summed E-state index contributed by atoms with van der Waals surface area (Å²) in [6.45, 7) is 0.241. The van der Waals surface area contributed by atoms with E-state index in [2.05, 4.69) is 62.8 Å². The number of primary amides is 1. The zero-order chi connectivity index (χ0) is 59.1. The zero-order valence-corrected chi connectivity index (χ0v) is 44.3. The number of aliphatic carboxylic acids is 1. The van der Waals surface area contributed by atoms with E-state index in [9.17, 15) is 68.1 Å². The number of carbonyl (C=O) groups is 11. The smallest absolute Gasteiger partial charge is 0.326 e. The van der Waals surface area contributed by atoms with Gasteiger partial charge in [-0.15, -0.1) is 0 Å². The van der Waals surface area contributed by atoms with Gasteiger partial charge in [0.1, 0.15) is 42.3 Å². The molecule has 1 saturated heterocycles. The quantitative estimate of drug-likeness (QED) is 0.0153. The summed E-state index contributed by atoms with van der Waals surface area (Å²) in [4.78, 5) is 156. The number of carboxylic acids is 1. The molecule has 3 heterocycles. The lowest BCUT2D eigenvalue weighted by Crippen LogP contribution is -2.60. The molecule has 2 aromatic heterocycles. The summed E-state index contributed by atoms with van der Waals surface area (Å²) in [6, 6.07) is -4.17. The average Bonchev–Trinajstić information content (AvgIpc) is 4.22. The van der Waals surface area contributed by atoms with Crippen molar-refractivity contribution in [1.82, 2.24) is 67.7 Å². The number of imidazole rings is 1. The SMILES string of the molecule is CC(C)C[C@H](NC(=O)CNC(=O)[C@H](Cc1c[nH]c2ccccc12)NC(=O)[C@@H]1CCCN1C(=O)CNC(=O)[C@H](CO)NC(=O)[C@H](CCCNC(=N)N)NC(=O)[C@H](CO)NC(=O)[C@H](CCC(N)=O)NC(=O)[C@@H](N)Cc1c[nH]cn1)C(=O)O. The number of nitrogens with one attached hydrogen (secondary N) is 12. The fraction of sp³-hybridized carbons (Fsp3) is 0.531. The van der Waals surface area contributed by atoms with Crippen molar-refractivity contribution < 1.29 is 68.1 Å².